The second kappa shape index (κ2) is 8.34. The highest BCUT2D eigenvalue weighted by Gasteiger charge is 2.11. The molecule has 0 saturated heterocycles. The summed E-state index contributed by atoms with van der Waals surface area (Å²) in [5.74, 6) is 1.45. The molecule has 2 aromatic heterocycles. The molecule has 0 aliphatic heterocycles. The smallest absolute Gasteiger partial charge is 0.272 e. The highest BCUT2D eigenvalue weighted by Crippen LogP contribution is 2.24. The van der Waals surface area contributed by atoms with Crippen molar-refractivity contribution in [1.29, 1.82) is 0 Å². The molecule has 0 spiro atoms. The van der Waals surface area contributed by atoms with Gasteiger partial charge in [-0.2, -0.15) is 5.10 Å². The molecule has 0 unspecified atom stereocenters. The first-order valence-electron chi connectivity index (χ1n) is 8.68. The Balaban J connectivity index is 1.60. The third-order valence-corrected chi connectivity index (χ3v) is 4.10. The predicted octanol–water partition coefficient (Wildman–Crippen LogP) is 4.19. The van der Waals surface area contributed by atoms with Crippen molar-refractivity contribution in [2.24, 2.45) is 0 Å². The molecule has 3 aromatic rings. The Labute approximate surface area is 161 Å². The maximum atomic E-state index is 12.2. The minimum Gasteiger partial charge on any atom is -0.486 e. The van der Waals surface area contributed by atoms with E-state index in [1.54, 1.807) is 54.2 Å². The number of ether oxygens (including phenoxy) is 1. The molecule has 1 aromatic carbocycles. The molecule has 144 valence electrons. The SMILES string of the molecule is CCn1nccc1C(=O)/C=C/c1ccc(COc2ccc([N+](=O)[O-])c(C)c2)o1. The number of nitro benzene ring substituents is 1. The van der Waals surface area contributed by atoms with Gasteiger partial charge in [-0.15, -0.1) is 0 Å². The molecule has 0 aliphatic carbocycles. The lowest BCUT2D eigenvalue weighted by Crippen LogP contribution is -2.07. The summed E-state index contributed by atoms with van der Waals surface area (Å²) < 4.78 is 12.9. The highest BCUT2D eigenvalue weighted by atomic mass is 16.6. The number of benzene rings is 1. The van der Waals surface area contributed by atoms with Gasteiger partial charge in [0.15, 0.2) is 0 Å². The minimum absolute atomic E-state index is 0.0480. The van der Waals surface area contributed by atoms with Crippen LogP contribution in [0.4, 0.5) is 5.69 Å². The molecule has 8 nitrogen and oxygen atoms in total. The molecule has 0 atom stereocenters. The van der Waals surface area contributed by atoms with Crippen molar-refractivity contribution < 1.29 is 18.9 Å². The second-order valence-corrected chi connectivity index (χ2v) is 6.03. The Morgan fingerprint density at radius 3 is 2.86 bits per heavy atom. The molecule has 0 fully saturated rings. The van der Waals surface area contributed by atoms with Gasteiger partial charge in [-0.1, -0.05) is 0 Å². The summed E-state index contributed by atoms with van der Waals surface area (Å²) in [5.41, 5.74) is 1.09. The van der Waals surface area contributed by atoms with E-state index in [0.29, 0.717) is 35.1 Å². The molecule has 0 saturated carbocycles. The van der Waals surface area contributed by atoms with Gasteiger partial charge in [0, 0.05) is 24.4 Å². The summed E-state index contributed by atoms with van der Waals surface area (Å²) in [6.45, 7) is 4.36. The molecule has 0 bridgehead atoms. The number of carbonyl (C=O) groups excluding carboxylic acids is 1. The number of ketones is 1. The third-order valence-electron chi connectivity index (χ3n) is 4.10. The zero-order valence-corrected chi connectivity index (χ0v) is 15.5. The van der Waals surface area contributed by atoms with E-state index in [2.05, 4.69) is 5.10 Å². The van der Waals surface area contributed by atoms with Crippen LogP contribution in [0.1, 0.15) is 34.5 Å². The van der Waals surface area contributed by atoms with Crippen molar-refractivity contribution in [3.05, 3.63) is 81.6 Å². The number of carbonyl (C=O) groups is 1. The van der Waals surface area contributed by atoms with Crippen LogP contribution in [0.15, 0.2) is 53.1 Å². The molecule has 8 heteroatoms. The Kier molecular flexibility index (Phi) is 5.69. The topological polar surface area (TPSA) is 100 Å². The van der Waals surface area contributed by atoms with Gasteiger partial charge in [-0.25, -0.2) is 0 Å². The number of furan rings is 1. The van der Waals surface area contributed by atoms with E-state index in [-0.39, 0.29) is 18.1 Å². The van der Waals surface area contributed by atoms with Crippen molar-refractivity contribution in [1.82, 2.24) is 9.78 Å². The van der Waals surface area contributed by atoms with Crippen LogP contribution in [0.25, 0.3) is 6.08 Å². The summed E-state index contributed by atoms with van der Waals surface area (Å²) in [5, 5.41) is 14.9. The lowest BCUT2D eigenvalue weighted by molar-refractivity contribution is -0.385. The Morgan fingerprint density at radius 1 is 1.32 bits per heavy atom. The summed E-state index contributed by atoms with van der Waals surface area (Å²) in [6.07, 6.45) is 4.62. The lowest BCUT2D eigenvalue weighted by atomic mass is 10.2. The van der Waals surface area contributed by atoms with Gasteiger partial charge in [0.25, 0.3) is 5.69 Å². The Hall–Kier alpha value is -3.68. The maximum Gasteiger partial charge on any atom is 0.272 e. The predicted molar refractivity (Wildman–Crippen MR) is 102 cm³/mol. The number of nitrogens with zero attached hydrogens (tertiary/aromatic N) is 3. The number of hydrogen-bond donors (Lipinski definition) is 0. The van der Waals surface area contributed by atoms with Gasteiger partial charge < -0.3 is 9.15 Å². The second-order valence-electron chi connectivity index (χ2n) is 6.03. The van der Waals surface area contributed by atoms with Gasteiger partial charge in [-0.3, -0.25) is 19.6 Å². The van der Waals surface area contributed by atoms with Crippen LogP contribution < -0.4 is 4.74 Å². The Morgan fingerprint density at radius 2 is 2.14 bits per heavy atom. The number of rotatable bonds is 8. The summed E-state index contributed by atoms with van der Waals surface area (Å²) in [7, 11) is 0. The highest BCUT2D eigenvalue weighted by molar-refractivity contribution is 6.05. The summed E-state index contributed by atoms with van der Waals surface area (Å²) in [6, 6.07) is 9.72. The number of hydrogen-bond acceptors (Lipinski definition) is 6. The van der Waals surface area contributed by atoms with Crippen LogP contribution in [-0.4, -0.2) is 20.5 Å². The molecule has 0 radical (unpaired) electrons. The Bertz CT molecular complexity index is 1030. The quantitative estimate of drug-likeness (QED) is 0.251. The van der Waals surface area contributed by atoms with Crippen LogP contribution in [0.5, 0.6) is 5.75 Å². The molecular formula is C20H19N3O5. The van der Waals surface area contributed by atoms with Gasteiger partial charge in [0.2, 0.25) is 5.78 Å². The minimum atomic E-state index is -0.432. The van der Waals surface area contributed by atoms with E-state index < -0.39 is 4.92 Å². The molecular weight excluding hydrogens is 362 g/mol. The molecule has 0 N–H and O–H groups in total. The first-order valence-corrected chi connectivity index (χ1v) is 8.68. The number of aromatic nitrogens is 2. The van der Waals surface area contributed by atoms with E-state index in [4.69, 9.17) is 9.15 Å². The molecule has 2 heterocycles. The van der Waals surface area contributed by atoms with Crippen molar-refractivity contribution in [2.45, 2.75) is 27.0 Å². The van der Waals surface area contributed by atoms with Crippen LogP contribution in [0.3, 0.4) is 0 Å². The number of allylic oxidation sites excluding steroid dienone is 1. The van der Waals surface area contributed by atoms with E-state index in [1.807, 2.05) is 6.92 Å². The zero-order chi connectivity index (χ0) is 20.1. The zero-order valence-electron chi connectivity index (χ0n) is 15.5. The summed E-state index contributed by atoms with van der Waals surface area (Å²) >= 11 is 0. The van der Waals surface area contributed by atoms with Crippen molar-refractivity contribution >= 4 is 17.5 Å². The fraction of sp³-hybridized carbons (Fsp3) is 0.200. The fourth-order valence-corrected chi connectivity index (χ4v) is 2.68. The largest absolute Gasteiger partial charge is 0.486 e. The third kappa shape index (κ3) is 4.35. The van der Waals surface area contributed by atoms with Crippen LogP contribution in [0, 0.1) is 17.0 Å². The van der Waals surface area contributed by atoms with Crippen LogP contribution in [0.2, 0.25) is 0 Å². The van der Waals surface area contributed by atoms with Crippen molar-refractivity contribution in [2.75, 3.05) is 0 Å². The van der Waals surface area contributed by atoms with Gasteiger partial charge in [0.05, 0.1) is 4.92 Å². The van der Waals surface area contributed by atoms with Crippen LogP contribution in [-0.2, 0) is 13.2 Å². The molecule has 0 amide bonds. The van der Waals surface area contributed by atoms with Crippen LogP contribution >= 0.6 is 0 Å². The first-order chi connectivity index (χ1) is 13.5. The number of nitro groups is 1. The maximum absolute atomic E-state index is 12.2. The van der Waals surface area contributed by atoms with E-state index >= 15 is 0 Å². The average Bonchev–Trinajstić information content (AvgIpc) is 3.33. The molecule has 3 rings (SSSR count). The van der Waals surface area contributed by atoms with E-state index in [1.165, 1.54) is 12.1 Å². The monoisotopic (exact) mass is 381 g/mol. The van der Waals surface area contributed by atoms with E-state index in [9.17, 15) is 14.9 Å². The normalized spacial score (nSPS) is 11.1. The van der Waals surface area contributed by atoms with Gasteiger partial charge >= 0.3 is 0 Å². The fourth-order valence-electron chi connectivity index (χ4n) is 2.68. The summed E-state index contributed by atoms with van der Waals surface area (Å²) in [4.78, 5) is 22.6. The van der Waals surface area contributed by atoms with E-state index in [0.717, 1.165) is 0 Å². The van der Waals surface area contributed by atoms with Gasteiger partial charge in [0.1, 0.15) is 29.6 Å². The molecule has 0 aliphatic rings. The number of aryl methyl sites for hydroxylation is 2. The average molecular weight is 381 g/mol. The lowest BCUT2D eigenvalue weighted by Gasteiger charge is -2.05. The molecule has 28 heavy (non-hydrogen) atoms. The van der Waals surface area contributed by atoms with Crippen molar-refractivity contribution in [3.8, 4) is 5.75 Å². The standard InChI is InChI=1S/C20H19N3O5/c1-3-22-19(10-11-21-22)20(24)9-7-15-4-5-17(28-15)13-27-16-6-8-18(23(25)26)14(2)12-16/h4-12H,3,13H2,1-2H3/b9-7+. The first kappa shape index (κ1) is 19.1. The van der Waals surface area contributed by atoms with Crippen molar-refractivity contribution in [3.63, 3.8) is 0 Å². The van der Waals surface area contributed by atoms with Gasteiger partial charge in [-0.05, 0) is 56.3 Å².